The molecule has 2 aliphatic heterocycles. The summed E-state index contributed by atoms with van der Waals surface area (Å²) in [6, 6.07) is 5.13. The van der Waals surface area contributed by atoms with Crippen LogP contribution < -0.4 is 15.5 Å². The van der Waals surface area contributed by atoms with E-state index in [1.54, 1.807) is 29.0 Å². The van der Waals surface area contributed by atoms with Gasteiger partial charge >= 0.3 is 0 Å². The molecule has 2 N–H and O–H groups in total. The Morgan fingerprint density at radius 2 is 1.51 bits per heavy atom. The van der Waals surface area contributed by atoms with Crippen LogP contribution in [0.15, 0.2) is 24.3 Å². The largest absolute Gasteiger partial charge is 0.378 e. The van der Waals surface area contributed by atoms with E-state index in [0.717, 1.165) is 5.69 Å². The average Bonchev–Trinajstić information content (AvgIpc) is 3.42. The first-order chi connectivity index (χ1) is 17.4. The highest BCUT2D eigenvalue weighted by molar-refractivity contribution is 6.01. The number of Topliss-reactive ketones (excluding diaryl/α,β-unsaturated/α-hetero) is 1. The number of carbonyl (C=O) groups is 4. The van der Waals surface area contributed by atoms with Crippen LogP contribution in [0.4, 0.5) is 5.69 Å². The van der Waals surface area contributed by atoms with Crippen LogP contribution in [-0.4, -0.2) is 91.7 Å². The molecule has 2 aliphatic rings. The number of anilines is 1. The van der Waals surface area contributed by atoms with Crippen molar-refractivity contribution >= 4 is 29.2 Å². The molecule has 1 aromatic rings. The Balaban J connectivity index is 1.75. The standard InChI is InChI=1S/C28H43N5O4/c1-17(2)14-21(29-5)27(36)33-16-24(34)25-23(33)12-13-32(25)28(37)22(15-18(3)4)30-26(35)19-8-10-20(11-9-19)31(6)7/h8-11,17-18,21-23,25,29H,12-16H2,1-7H3,(H,30,35). The number of likely N-dealkylation sites (tertiary alicyclic amines) is 2. The number of fused-ring (bicyclic) bond motifs is 1. The topological polar surface area (TPSA) is 102 Å². The van der Waals surface area contributed by atoms with Gasteiger partial charge < -0.3 is 25.3 Å². The lowest BCUT2D eigenvalue weighted by molar-refractivity contribution is -0.138. The Bertz CT molecular complexity index is 991. The molecule has 9 heteroatoms. The summed E-state index contributed by atoms with van der Waals surface area (Å²) in [6.07, 6.45) is 1.69. The average molecular weight is 514 g/mol. The maximum absolute atomic E-state index is 13.7. The maximum Gasteiger partial charge on any atom is 0.251 e. The van der Waals surface area contributed by atoms with Crippen LogP contribution in [0, 0.1) is 11.8 Å². The molecule has 2 fully saturated rings. The molecule has 4 unspecified atom stereocenters. The molecule has 0 bridgehead atoms. The van der Waals surface area contributed by atoms with E-state index in [2.05, 4.69) is 24.5 Å². The Morgan fingerprint density at radius 1 is 0.946 bits per heavy atom. The fraction of sp³-hybridized carbons (Fsp3) is 0.643. The number of rotatable bonds is 10. The molecular weight excluding hydrogens is 470 g/mol. The number of hydrogen-bond acceptors (Lipinski definition) is 6. The molecule has 2 heterocycles. The second-order valence-electron chi connectivity index (χ2n) is 11.3. The summed E-state index contributed by atoms with van der Waals surface area (Å²) in [4.78, 5) is 58.3. The molecular formula is C28H43N5O4. The fourth-order valence-electron chi connectivity index (χ4n) is 5.42. The molecule has 0 saturated carbocycles. The van der Waals surface area contributed by atoms with E-state index in [0.29, 0.717) is 37.3 Å². The molecule has 0 aromatic heterocycles. The molecule has 2 saturated heterocycles. The molecule has 9 nitrogen and oxygen atoms in total. The number of hydrogen-bond donors (Lipinski definition) is 2. The zero-order chi connectivity index (χ0) is 27.4. The lowest BCUT2D eigenvalue weighted by Crippen LogP contribution is -2.53. The van der Waals surface area contributed by atoms with Crippen LogP contribution >= 0.6 is 0 Å². The molecule has 0 aliphatic carbocycles. The van der Waals surface area contributed by atoms with Crippen molar-refractivity contribution in [3.8, 4) is 0 Å². The Hall–Kier alpha value is -2.94. The highest BCUT2D eigenvalue weighted by Crippen LogP contribution is 2.31. The highest BCUT2D eigenvalue weighted by Gasteiger charge is 2.52. The Kier molecular flexibility index (Phi) is 9.34. The second kappa shape index (κ2) is 12.1. The van der Waals surface area contributed by atoms with Crippen molar-refractivity contribution in [3.63, 3.8) is 0 Å². The third-order valence-corrected chi connectivity index (χ3v) is 7.30. The van der Waals surface area contributed by atoms with Crippen LogP contribution in [0.25, 0.3) is 0 Å². The van der Waals surface area contributed by atoms with Crippen molar-refractivity contribution < 1.29 is 19.2 Å². The minimum absolute atomic E-state index is 0.0215. The third kappa shape index (κ3) is 6.50. The lowest BCUT2D eigenvalue weighted by Gasteiger charge is -2.30. The number of likely N-dealkylation sites (N-methyl/N-ethyl adjacent to an activating group) is 1. The van der Waals surface area contributed by atoms with E-state index in [1.807, 2.05) is 45.0 Å². The van der Waals surface area contributed by atoms with Crippen LogP contribution in [-0.2, 0) is 14.4 Å². The van der Waals surface area contributed by atoms with Gasteiger partial charge in [-0.05, 0) is 62.4 Å². The van der Waals surface area contributed by atoms with Gasteiger partial charge in [0.05, 0.1) is 18.6 Å². The van der Waals surface area contributed by atoms with Gasteiger partial charge in [-0.15, -0.1) is 0 Å². The summed E-state index contributed by atoms with van der Waals surface area (Å²) in [5, 5.41) is 6.01. The molecule has 37 heavy (non-hydrogen) atoms. The third-order valence-electron chi connectivity index (χ3n) is 7.30. The van der Waals surface area contributed by atoms with Gasteiger partial charge in [0, 0.05) is 31.9 Å². The monoisotopic (exact) mass is 513 g/mol. The van der Waals surface area contributed by atoms with E-state index >= 15 is 0 Å². The second-order valence-corrected chi connectivity index (χ2v) is 11.3. The van der Waals surface area contributed by atoms with Gasteiger partial charge in [0.2, 0.25) is 11.8 Å². The molecule has 0 radical (unpaired) electrons. The first-order valence-electron chi connectivity index (χ1n) is 13.3. The summed E-state index contributed by atoms with van der Waals surface area (Å²) >= 11 is 0. The first-order valence-corrected chi connectivity index (χ1v) is 13.3. The summed E-state index contributed by atoms with van der Waals surface area (Å²) in [6.45, 7) is 8.53. The molecule has 3 amide bonds. The zero-order valence-electron chi connectivity index (χ0n) is 23.3. The summed E-state index contributed by atoms with van der Waals surface area (Å²) in [5.41, 5.74) is 1.45. The van der Waals surface area contributed by atoms with Gasteiger partial charge in [0.15, 0.2) is 5.78 Å². The molecule has 1 aromatic carbocycles. The van der Waals surface area contributed by atoms with Gasteiger partial charge in [0.25, 0.3) is 5.91 Å². The zero-order valence-corrected chi connectivity index (χ0v) is 23.3. The molecule has 3 rings (SSSR count). The van der Waals surface area contributed by atoms with Crippen molar-refractivity contribution in [1.29, 1.82) is 0 Å². The maximum atomic E-state index is 13.7. The van der Waals surface area contributed by atoms with Crippen molar-refractivity contribution in [2.45, 2.75) is 71.1 Å². The number of benzene rings is 1. The Morgan fingerprint density at radius 3 is 2.05 bits per heavy atom. The molecule has 204 valence electrons. The predicted molar refractivity (Wildman–Crippen MR) is 144 cm³/mol. The summed E-state index contributed by atoms with van der Waals surface area (Å²) in [7, 11) is 5.62. The highest BCUT2D eigenvalue weighted by atomic mass is 16.2. The van der Waals surface area contributed by atoms with Crippen LogP contribution in [0.1, 0.15) is 57.3 Å². The van der Waals surface area contributed by atoms with E-state index in [1.165, 1.54) is 0 Å². The first kappa shape index (κ1) is 28.6. The van der Waals surface area contributed by atoms with Crippen LogP contribution in [0.3, 0.4) is 0 Å². The van der Waals surface area contributed by atoms with Gasteiger partial charge in [-0.25, -0.2) is 0 Å². The summed E-state index contributed by atoms with van der Waals surface area (Å²) in [5.74, 6) is -0.281. The number of nitrogens with one attached hydrogen (secondary N) is 2. The van der Waals surface area contributed by atoms with Crippen LogP contribution in [0.2, 0.25) is 0 Å². The number of carbonyl (C=O) groups excluding carboxylic acids is 4. The normalized spacial score (nSPS) is 20.8. The van der Waals surface area contributed by atoms with Crippen molar-refractivity contribution in [1.82, 2.24) is 20.4 Å². The van der Waals surface area contributed by atoms with E-state index in [4.69, 9.17) is 0 Å². The molecule has 4 atom stereocenters. The smallest absolute Gasteiger partial charge is 0.251 e. The van der Waals surface area contributed by atoms with E-state index in [-0.39, 0.29) is 48.1 Å². The van der Waals surface area contributed by atoms with Crippen molar-refractivity contribution in [2.75, 3.05) is 39.1 Å². The van der Waals surface area contributed by atoms with E-state index < -0.39 is 12.1 Å². The lowest BCUT2D eigenvalue weighted by atomic mass is 10.0. The number of nitrogens with zero attached hydrogens (tertiary/aromatic N) is 3. The van der Waals surface area contributed by atoms with Crippen molar-refractivity contribution in [2.24, 2.45) is 11.8 Å². The SMILES string of the molecule is CNC(CC(C)C)C(=O)N1CC(=O)C2C1CCN2C(=O)C(CC(C)C)NC(=O)c1ccc(N(C)C)cc1. The number of ketones is 1. The fourth-order valence-corrected chi connectivity index (χ4v) is 5.42. The van der Waals surface area contributed by atoms with Crippen LogP contribution in [0.5, 0.6) is 0 Å². The van der Waals surface area contributed by atoms with Gasteiger partial charge in [-0.1, -0.05) is 27.7 Å². The molecule has 0 spiro atoms. The minimum atomic E-state index is -0.747. The predicted octanol–water partition coefficient (Wildman–Crippen LogP) is 1.91. The minimum Gasteiger partial charge on any atom is -0.378 e. The van der Waals surface area contributed by atoms with Crippen molar-refractivity contribution in [3.05, 3.63) is 29.8 Å². The number of amides is 3. The van der Waals surface area contributed by atoms with Gasteiger partial charge in [-0.3, -0.25) is 19.2 Å². The van der Waals surface area contributed by atoms with Gasteiger partial charge in [-0.2, -0.15) is 0 Å². The van der Waals surface area contributed by atoms with E-state index in [9.17, 15) is 19.2 Å². The van der Waals surface area contributed by atoms with Gasteiger partial charge in [0.1, 0.15) is 12.1 Å². The Labute approximate surface area is 220 Å². The summed E-state index contributed by atoms with van der Waals surface area (Å²) < 4.78 is 0. The quantitative estimate of drug-likeness (QED) is 0.496.